The van der Waals surface area contributed by atoms with Gasteiger partial charge in [-0.1, -0.05) is 79.6 Å². The molecule has 4 rings (SSSR count). The number of allylic oxidation sites excluding steroid dienone is 3. The SMILES string of the molecule is C=C(C=O)CC.CC/C(C=O)=C\Cc1c(CC)c(C)c2c(c1OCC[Si](C)(C)C)C(=O)OC2.CCc1c(C)c2c(c(OCC[Si](C)(C)C)c1CC=O)C(=O)OC2. The van der Waals surface area contributed by atoms with Crippen LogP contribution in [0.5, 0.6) is 11.5 Å². The van der Waals surface area contributed by atoms with E-state index >= 15 is 0 Å². The molecule has 0 saturated carbocycles. The zero-order valence-electron chi connectivity index (χ0n) is 36.2. The first kappa shape index (κ1) is 48.1. The van der Waals surface area contributed by atoms with E-state index in [4.69, 9.17) is 18.9 Å². The molecule has 11 heteroatoms. The normalized spacial score (nSPS) is 13.2. The van der Waals surface area contributed by atoms with Gasteiger partial charge in [-0.3, -0.25) is 9.59 Å². The van der Waals surface area contributed by atoms with Crippen LogP contribution < -0.4 is 9.47 Å². The number of hydrogen-bond donors (Lipinski definition) is 0. The van der Waals surface area contributed by atoms with E-state index in [1.54, 1.807) is 0 Å². The van der Waals surface area contributed by atoms with Gasteiger partial charge in [-0.05, 0) is 91.4 Å². The highest BCUT2D eigenvalue weighted by Crippen LogP contribution is 2.41. The summed E-state index contributed by atoms with van der Waals surface area (Å²) in [5.41, 5.74) is 10.8. The fourth-order valence-corrected chi connectivity index (χ4v) is 7.98. The monoisotopic (exact) mass is 806 g/mol. The number of hydrogen-bond acceptors (Lipinski definition) is 9. The molecule has 0 amide bonds. The summed E-state index contributed by atoms with van der Waals surface area (Å²) >= 11 is 0. The molecule has 0 unspecified atom stereocenters. The fourth-order valence-electron chi connectivity index (χ4n) is 6.56. The number of rotatable bonds is 18. The van der Waals surface area contributed by atoms with Crippen LogP contribution in [0.3, 0.4) is 0 Å². The Bertz CT molecular complexity index is 1790. The van der Waals surface area contributed by atoms with Gasteiger partial charge < -0.3 is 23.7 Å². The van der Waals surface area contributed by atoms with E-state index in [-0.39, 0.29) is 18.4 Å². The highest BCUT2D eigenvalue weighted by molar-refractivity contribution is 6.76. The summed E-state index contributed by atoms with van der Waals surface area (Å²) < 4.78 is 22.9. The molecule has 0 N–H and O–H groups in total. The van der Waals surface area contributed by atoms with Crippen molar-refractivity contribution < 1.29 is 42.9 Å². The number of aldehydes is 3. The predicted molar refractivity (Wildman–Crippen MR) is 230 cm³/mol. The molecule has 2 aromatic rings. The zero-order chi connectivity index (χ0) is 42.4. The molecular weight excluding hydrogens is 741 g/mol. The van der Waals surface area contributed by atoms with Crippen LogP contribution in [0.1, 0.15) is 106 Å². The largest absolute Gasteiger partial charge is 0.493 e. The molecule has 0 saturated heterocycles. The molecule has 9 nitrogen and oxygen atoms in total. The first-order valence-corrected chi connectivity index (χ1v) is 27.4. The van der Waals surface area contributed by atoms with E-state index in [1.165, 1.54) is 5.56 Å². The second-order valence-corrected chi connectivity index (χ2v) is 27.9. The van der Waals surface area contributed by atoms with Gasteiger partial charge in [0.2, 0.25) is 0 Å². The van der Waals surface area contributed by atoms with Gasteiger partial charge in [0, 0.05) is 44.8 Å². The van der Waals surface area contributed by atoms with Gasteiger partial charge in [-0.2, -0.15) is 0 Å². The average molecular weight is 807 g/mol. The Morgan fingerprint density at radius 3 is 1.39 bits per heavy atom. The fraction of sp³-hybridized carbons (Fsp3) is 0.533. The molecule has 0 fully saturated rings. The lowest BCUT2D eigenvalue weighted by Crippen LogP contribution is -2.23. The first-order chi connectivity index (χ1) is 26.3. The van der Waals surface area contributed by atoms with Crippen molar-refractivity contribution in [3.05, 3.63) is 79.4 Å². The minimum absolute atomic E-state index is 0.271. The van der Waals surface area contributed by atoms with E-state index in [2.05, 4.69) is 66.6 Å². The van der Waals surface area contributed by atoms with Crippen LogP contribution in [0, 0.1) is 13.8 Å². The third-order valence-corrected chi connectivity index (χ3v) is 13.6. The molecule has 2 aliphatic heterocycles. The summed E-state index contributed by atoms with van der Waals surface area (Å²) in [6, 6.07) is 2.03. The summed E-state index contributed by atoms with van der Waals surface area (Å²) in [5, 5.41) is 0. The van der Waals surface area contributed by atoms with Crippen molar-refractivity contribution in [3.63, 3.8) is 0 Å². The number of benzene rings is 2. The smallest absolute Gasteiger partial charge is 0.342 e. The Kier molecular flexibility index (Phi) is 18.9. The van der Waals surface area contributed by atoms with Crippen molar-refractivity contribution in [1.29, 1.82) is 0 Å². The van der Waals surface area contributed by atoms with Gasteiger partial charge in [0.25, 0.3) is 0 Å². The van der Waals surface area contributed by atoms with Gasteiger partial charge in [0.05, 0.1) is 13.2 Å². The maximum atomic E-state index is 12.4. The van der Waals surface area contributed by atoms with E-state index in [0.717, 1.165) is 94.7 Å². The minimum atomic E-state index is -1.25. The molecule has 0 spiro atoms. The van der Waals surface area contributed by atoms with Crippen molar-refractivity contribution in [1.82, 2.24) is 0 Å². The molecule has 308 valence electrons. The summed E-state index contributed by atoms with van der Waals surface area (Å²) in [6.45, 7) is 31.1. The molecular formula is C45H66O9Si2. The second kappa shape index (κ2) is 22.0. The molecule has 0 aromatic heterocycles. The van der Waals surface area contributed by atoms with Crippen LogP contribution in [0.2, 0.25) is 51.4 Å². The van der Waals surface area contributed by atoms with Crippen LogP contribution >= 0.6 is 0 Å². The highest BCUT2D eigenvalue weighted by atomic mass is 28.3. The molecule has 0 bridgehead atoms. The van der Waals surface area contributed by atoms with E-state index < -0.39 is 16.1 Å². The van der Waals surface area contributed by atoms with Gasteiger partial charge in [0.1, 0.15) is 54.7 Å². The predicted octanol–water partition coefficient (Wildman–Crippen LogP) is 9.86. The van der Waals surface area contributed by atoms with Crippen molar-refractivity contribution in [2.24, 2.45) is 0 Å². The van der Waals surface area contributed by atoms with Crippen LogP contribution in [0.25, 0.3) is 0 Å². The molecule has 0 radical (unpaired) electrons. The third kappa shape index (κ3) is 13.0. The van der Waals surface area contributed by atoms with Crippen molar-refractivity contribution >= 4 is 46.9 Å². The standard InChI is InChI=1S/C22H32O4Si.C18H26O4Si.C5H8O/c1-7-16(13-23)9-10-18-17(8-2)15(3)19-14-26-22(24)20(19)21(18)25-11-12-27(4,5)6;1-6-13-12(2)15-11-22-18(20)16(15)17(14(13)7-8-19)21-9-10-23(3,4)5;1-3-5(2)4-6/h9,13H,7-8,10-12,14H2,1-6H3;8H,6-7,9-11H2,1-5H3;4H,2-3H2,1H3/b16-9+;;. The number of carbonyl (C=O) groups excluding carboxylic acids is 5. The summed E-state index contributed by atoms with van der Waals surface area (Å²) in [7, 11) is -2.48. The number of esters is 2. The number of cyclic esters (lactones) is 2. The molecule has 2 aromatic carbocycles. The number of carbonyl (C=O) groups is 5. The Labute approximate surface area is 337 Å². The highest BCUT2D eigenvalue weighted by Gasteiger charge is 2.34. The molecule has 56 heavy (non-hydrogen) atoms. The average Bonchev–Trinajstić information content (AvgIpc) is 3.73. The van der Waals surface area contributed by atoms with Crippen LogP contribution in [-0.4, -0.2) is 60.2 Å². The number of fused-ring (bicyclic) bond motifs is 2. The zero-order valence-corrected chi connectivity index (χ0v) is 38.2. The lowest BCUT2D eigenvalue weighted by molar-refractivity contribution is -0.107. The van der Waals surface area contributed by atoms with Gasteiger partial charge in [-0.25, -0.2) is 9.59 Å². The van der Waals surface area contributed by atoms with E-state index in [9.17, 15) is 24.0 Å². The maximum Gasteiger partial charge on any atom is 0.342 e. The Balaban J connectivity index is 0.000000341. The molecule has 2 aliphatic rings. The molecule has 0 aliphatic carbocycles. The maximum absolute atomic E-state index is 12.4. The Hall–Kier alpha value is -4.10. The van der Waals surface area contributed by atoms with Crippen LogP contribution in [-0.2, 0) is 62.8 Å². The van der Waals surface area contributed by atoms with Crippen LogP contribution in [0.4, 0.5) is 0 Å². The Morgan fingerprint density at radius 1 is 0.661 bits per heavy atom. The van der Waals surface area contributed by atoms with Crippen molar-refractivity contribution in [3.8, 4) is 11.5 Å². The topological polar surface area (TPSA) is 122 Å². The lowest BCUT2D eigenvalue weighted by Gasteiger charge is -2.22. The van der Waals surface area contributed by atoms with E-state index in [0.29, 0.717) is 67.5 Å². The first-order valence-electron chi connectivity index (χ1n) is 20.0. The Morgan fingerprint density at radius 2 is 1.09 bits per heavy atom. The minimum Gasteiger partial charge on any atom is -0.493 e. The summed E-state index contributed by atoms with van der Waals surface area (Å²) in [4.78, 5) is 56.6. The van der Waals surface area contributed by atoms with Crippen molar-refractivity contribution in [2.75, 3.05) is 13.2 Å². The van der Waals surface area contributed by atoms with Crippen LogP contribution in [0.15, 0.2) is 23.8 Å². The van der Waals surface area contributed by atoms with Gasteiger partial charge in [0.15, 0.2) is 0 Å². The van der Waals surface area contributed by atoms with Gasteiger partial charge in [-0.15, -0.1) is 0 Å². The summed E-state index contributed by atoms with van der Waals surface area (Å²) in [6.07, 6.45) is 8.51. The van der Waals surface area contributed by atoms with Crippen molar-refractivity contribution in [2.45, 2.75) is 145 Å². The lowest BCUT2D eigenvalue weighted by atomic mass is 9.89. The third-order valence-electron chi connectivity index (χ3n) is 10.2. The summed E-state index contributed by atoms with van der Waals surface area (Å²) in [5.74, 6) is 0.622. The quantitative estimate of drug-likeness (QED) is 0.0627. The van der Waals surface area contributed by atoms with E-state index in [1.807, 2.05) is 26.8 Å². The molecule has 2 heterocycles. The second-order valence-electron chi connectivity index (χ2n) is 16.7. The van der Waals surface area contributed by atoms with Gasteiger partial charge >= 0.3 is 11.9 Å². The molecule has 0 atom stereocenters. The number of ether oxygens (including phenoxy) is 4.